The van der Waals surface area contributed by atoms with Crippen molar-refractivity contribution in [3.63, 3.8) is 0 Å². The smallest absolute Gasteiger partial charge is 0.129 e. The number of fused-ring (bicyclic) bond motifs is 1. The van der Waals surface area contributed by atoms with E-state index in [2.05, 4.69) is 36.1 Å². The molecule has 24 heavy (non-hydrogen) atoms. The Bertz CT molecular complexity index is 637. The molecule has 4 heteroatoms. The molecule has 2 heterocycles. The molecule has 130 valence electrons. The van der Waals surface area contributed by atoms with E-state index in [4.69, 9.17) is 13.9 Å². The lowest BCUT2D eigenvalue weighted by atomic mass is 10.1. The zero-order chi connectivity index (χ0) is 16.8. The Balaban J connectivity index is 1.73. The van der Waals surface area contributed by atoms with Crippen molar-refractivity contribution in [3.8, 4) is 5.75 Å². The first-order valence-corrected chi connectivity index (χ1v) is 8.82. The number of benzene rings is 1. The summed E-state index contributed by atoms with van der Waals surface area (Å²) in [5.41, 5.74) is 1.25. The van der Waals surface area contributed by atoms with Gasteiger partial charge in [0, 0.05) is 25.8 Å². The van der Waals surface area contributed by atoms with Crippen LogP contribution in [-0.2, 0) is 24.4 Å². The van der Waals surface area contributed by atoms with Crippen LogP contribution in [0.15, 0.2) is 40.8 Å². The molecular weight excluding hydrogens is 302 g/mol. The van der Waals surface area contributed by atoms with Crippen LogP contribution in [0, 0.1) is 0 Å². The molecule has 0 radical (unpaired) electrons. The Hall–Kier alpha value is -1.78. The van der Waals surface area contributed by atoms with Crippen molar-refractivity contribution >= 4 is 0 Å². The van der Waals surface area contributed by atoms with E-state index in [1.165, 1.54) is 18.4 Å². The number of hydrogen-bond donors (Lipinski definition) is 0. The van der Waals surface area contributed by atoms with E-state index in [0.717, 1.165) is 43.3 Å². The molecule has 0 fully saturated rings. The van der Waals surface area contributed by atoms with Gasteiger partial charge in [-0.05, 0) is 31.0 Å². The van der Waals surface area contributed by atoms with Crippen LogP contribution >= 0.6 is 0 Å². The van der Waals surface area contributed by atoms with E-state index in [-0.39, 0.29) is 6.10 Å². The average molecular weight is 329 g/mol. The third-order valence-electron chi connectivity index (χ3n) is 4.39. The lowest BCUT2D eigenvalue weighted by Crippen LogP contribution is -2.32. The van der Waals surface area contributed by atoms with Gasteiger partial charge in [-0.25, -0.2) is 0 Å². The van der Waals surface area contributed by atoms with Crippen LogP contribution in [0.25, 0.3) is 0 Å². The predicted molar refractivity (Wildman–Crippen MR) is 93.9 cm³/mol. The van der Waals surface area contributed by atoms with Gasteiger partial charge in [0.05, 0.1) is 6.54 Å². The zero-order valence-corrected chi connectivity index (χ0v) is 14.7. The molecule has 1 aromatic heterocycles. The van der Waals surface area contributed by atoms with Crippen molar-refractivity contribution in [1.82, 2.24) is 4.90 Å². The van der Waals surface area contributed by atoms with Gasteiger partial charge in [-0.15, -0.1) is 0 Å². The van der Waals surface area contributed by atoms with E-state index in [0.29, 0.717) is 6.61 Å². The van der Waals surface area contributed by atoms with Gasteiger partial charge in [0.25, 0.3) is 0 Å². The number of furan rings is 1. The van der Waals surface area contributed by atoms with Gasteiger partial charge in [0.1, 0.15) is 30.0 Å². The maximum atomic E-state index is 6.28. The topological polar surface area (TPSA) is 34.8 Å². The second-order valence-electron chi connectivity index (χ2n) is 6.46. The normalized spacial score (nSPS) is 18.0. The quantitative estimate of drug-likeness (QED) is 0.755. The highest BCUT2D eigenvalue weighted by Crippen LogP contribution is 2.27. The molecule has 3 rings (SSSR count). The zero-order valence-electron chi connectivity index (χ0n) is 14.7. The summed E-state index contributed by atoms with van der Waals surface area (Å²) in [4.78, 5) is 2.42. The van der Waals surface area contributed by atoms with Gasteiger partial charge < -0.3 is 13.9 Å². The van der Waals surface area contributed by atoms with Crippen molar-refractivity contribution in [3.05, 3.63) is 53.5 Å². The van der Waals surface area contributed by atoms with E-state index in [1.54, 1.807) is 7.11 Å². The highest BCUT2D eigenvalue weighted by Gasteiger charge is 2.23. The first-order valence-electron chi connectivity index (χ1n) is 8.82. The van der Waals surface area contributed by atoms with Crippen molar-refractivity contribution in [1.29, 1.82) is 0 Å². The molecule has 0 bridgehead atoms. The molecule has 1 unspecified atom stereocenters. The maximum absolute atomic E-state index is 6.28. The molecule has 1 aromatic carbocycles. The van der Waals surface area contributed by atoms with Gasteiger partial charge in [-0.1, -0.05) is 31.5 Å². The Morgan fingerprint density at radius 2 is 2.00 bits per heavy atom. The lowest BCUT2D eigenvalue weighted by Gasteiger charge is -2.23. The summed E-state index contributed by atoms with van der Waals surface area (Å²) in [7, 11) is 1.68. The van der Waals surface area contributed by atoms with Crippen LogP contribution in [0.1, 0.15) is 43.3 Å². The molecule has 1 atom stereocenters. The molecule has 0 aliphatic carbocycles. The summed E-state index contributed by atoms with van der Waals surface area (Å²) < 4.78 is 17.3. The Labute approximate surface area is 144 Å². The van der Waals surface area contributed by atoms with Gasteiger partial charge >= 0.3 is 0 Å². The van der Waals surface area contributed by atoms with Crippen LogP contribution in [0.4, 0.5) is 0 Å². The lowest BCUT2D eigenvalue weighted by molar-refractivity contribution is 0.125. The Morgan fingerprint density at radius 3 is 2.83 bits per heavy atom. The molecule has 1 aliphatic rings. The molecule has 0 saturated heterocycles. The number of ether oxygens (including phenoxy) is 2. The van der Waals surface area contributed by atoms with Crippen LogP contribution in [0.5, 0.6) is 5.75 Å². The standard InChI is InChI=1S/C20H27NO3/c1-3-4-8-17-13-21(12-16-7-5-6-9-20(16)24-17)14-18-10-11-19(23-18)15-22-2/h5-7,9-11,17H,3-4,8,12-15H2,1-2H3. The third-order valence-corrected chi connectivity index (χ3v) is 4.39. The molecular formula is C20H27NO3. The third kappa shape index (κ3) is 4.40. The first kappa shape index (κ1) is 17.1. The highest BCUT2D eigenvalue weighted by atomic mass is 16.5. The molecule has 1 aliphatic heterocycles. The van der Waals surface area contributed by atoms with Crippen molar-refractivity contribution in [2.24, 2.45) is 0 Å². The largest absolute Gasteiger partial charge is 0.489 e. The summed E-state index contributed by atoms with van der Waals surface area (Å²) in [5.74, 6) is 2.89. The first-order chi connectivity index (χ1) is 11.8. The van der Waals surface area contributed by atoms with Crippen LogP contribution < -0.4 is 4.74 Å². The number of nitrogens with zero attached hydrogens (tertiary/aromatic N) is 1. The monoisotopic (exact) mass is 329 g/mol. The Morgan fingerprint density at radius 1 is 1.17 bits per heavy atom. The average Bonchev–Trinajstić information content (AvgIpc) is 2.93. The fourth-order valence-corrected chi connectivity index (χ4v) is 3.21. The second-order valence-corrected chi connectivity index (χ2v) is 6.46. The number of rotatable bonds is 7. The fraction of sp³-hybridized carbons (Fsp3) is 0.500. The summed E-state index contributed by atoms with van der Waals surface area (Å²) in [6.07, 6.45) is 3.72. The number of methoxy groups -OCH3 is 1. The fourth-order valence-electron chi connectivity index (χ4n) is 3.21. The Kier molecular flexibility index (Phi) is 5.94. The minimum absolute atomic E-state index is 0.238. The SMILES string of the molecule is CCCCC1CN(Cc2ccc(COC)o2)Cc2ccccc2O1. The van der Waals surface area contributed by atoms with E-state index in [1.807, 2.05) is 12.1 Å². The van der Waals surface area contributed by atoms with Gasteiger partial charge in [0.2, 0.25) is 0 Å². The molecule has 4 nitrogen and oxygen atoms in total. The molecule has 2 aromatic rings. The molecule has 0 spiro atoms. The van der Waals surface area contributed by atoms with Crippen molar-refractivity contribution in [2.75, 3.05) is 13.7 Å². The second kappa shape index (κ2) is 8.36. The van der Waals surface area contributed by atoms with Crippen LogP contribution in [-0.4, -0.2) is 24.7 Å². The van der Waals surface area contributed by atoms with Gasteiger partial charge in [0.15, 0.2) is 0 Å². The summed E-state index contributed by atoms with van der Waals surface area (Å²) >= 11 is 0. The minimum atomic E-state index is 0.238. The summed E-state index contributed by atoms with van der Waals surface area (Å²) in [6, 6.07) is 12.4. The molecule has 0 amide bonds. The summed E-state index contributed by atoms with van der Waals surface area (Å²) in [6.45, 7) is 5.35. The van der Waals surface area contributed by atoms with E-state index >= 15 is 0 Å². The predicted octanol–water partition coefficient (Wildman–Crippen LogP) is 4.38. The number of hydrogen-bond acceptors (Lipinski definition) is 4. The van der Waals surface area contributed by atoms with Gasteiger partial charge in [-0.3, -0.25) is 4.90 Å². The van der Waals surface area contributed by atoms with Gasteiger partial charge in [-0.2, -0.15) is 0 Å². The number of para-hydroxylation sites is 1. The molecule has 0 saturated carbocycles. The number of unbranched alkanes of at least 4 members (excludes halogenated alkanes) is 1. The summed E-state index contributed by atoms with van der Waals surface area (Å²) in [5, 5.41) is 0. The van der Waals surface area contributed by atoms with E-state index < -0.39 is 0 Å². The maximum Gasteiger partial charge on any atom is 0.129 e. The van der Waals surface area contributed by atoms with Crippen LogP contribution in [0.2, 0.25) is 0 Å². The minimum Gasteiger partial charge on any atom is -0.489 e. The van der Waals surface area contributed by atoms with E-state index in [9.17, 15) is 0 Å². The van der Waals surface area contributed by atoms with Crippen LogP contribution in [0.3, 0.4) is 0 Å². The van der Waals surface area contributed by atoms with Crippen molar-refractivity contribution < 1.29 is 13.9 Å². The van der Waals surface area contributed by atoms with Crippen molar-refractivity contribution in [2.45, 2.75) is 52.0 Å². The highest BCUT2D eigenvalue weighted by molar-refractivity contribution is 5.34. The molecule has 0 N–H and O–H groups in total.